The fraction of sp³-hybridized carbons (Fsp3) is 0.273. The fourth-order valence-electron chi connectivity index (χ4n) is 0.599. The van der Waals surface area contributed by atoms with E-state index in [4.69, 9.17) is 11.6 Å². The summed E-state index contributed by atoms with van der Waals surface area (Å²) in [5.74, 6) is 0. The van der Waals surface area contributed by atoms with E-state index < -0.39 is 0 Å². The normalized spacial score (nSPS) is 9.00. The number of hydrogen-bond acceptors (Lipinski definition) is 1. The molecule has 0 heterocycles. The zero-order valence-electron chi connectivity index (χ0n) is 8.42. The molecule has 1 aromatic carbocycles. The SMILES string of the molecule is C=Cc1ccc(Cl)cc1.CN(C)C. The Hall–Kier alpha value is -0.790. The topological polar surface area (TPSA) is 3.24 Å². The van der Waals surface area contributed by atoms with Crippen LogP contribution in [-0.2, 0) is 0 Å². The highest BCUT2D eigenvalue weighted by atomic mass is 35.5. The Kier molecular flexibility index (Phi) is 6.29. The van der Waals surface area contributed by atoms with E-state index >= 15 is 0 Å². The van der Waals surface area contributed by atoms with Gasteiger partial charge in [0.05, 0.1) is 0 Å². The van der Waals surface area contributed by atoms with Crippen molar-refractivity contribution in [3.63, 3.8) is 0 Å². The van der Waals surface area contributed by atoms with Crippen molar-refractivity contribution in [2.24, 2.45) is 0 Å². The van der Waals surface area contributed by atoms with Crippen molar-refractivity contribution in [3.05, 3.63) is 41.4 Å². The summed E-state index contributed by atoms with van der Waals surface area (Å²) in [6, 6.07) is 7.54. The Balaban J connectivity index is 0.000000310. The summed E-state index contributed by atoms with van der Waals surface area (Å²) in [7, 11) is 6.00. The van der Waals surface area contributed by atoms with Crippen molar-refractivity contribution in [1.29, 1.82) is 0 Å². The van der Waals surface area contributed by atoms with Crippen LogP contribution in [0, 0.1) is 0 Å². The first-order chi connectivity index (χ1) is 6.06. The standard InChI is InChI=1S/C8H7Cl.C3H9N/c1-2-7-3-5-8(9)6-4-7;1-4(2)3/h2-6H,1H2;1-3H3. The van der Waals surface area contributed by atoms with Gasteiger partial charge in [-0.1, -0.05) is 36.4 Å². The van der Waals surface area contributed by atoms with E-state index in [0.717, 1.165) is 10.6 Å². The summed E-state index contributed by atoms with van der Waals surface area (Å²) < 4.78 is 0. The molecular weight excluding hydrogens is 182 g/mol. The molecular formula is C11H16ClN. The van der Waals surface area contributed by atoms with E-state index in [1.165, 1.54) is 0 Å². The van der Waals surface area contributed by atoms with Crippen molar-refractivity contribution in [2.75, 3.05) is 21.1 Å². The number of benzene rings is 1. The highest BCUT2D eigenvalue weighted by Crippen LogP contribution is 2.09. The van der Waals surface area contributed by atoms with E-state index in [0.29, 0.717) is 0 Å². The predicted molar refractivity (Wildman–Crippen MR) is 61.2 cm³/mol. The van der Waals surface area contributed by atoms with Crippen molar-refractivity contribution in [2.45, 2.75) is 0 Å². The van der Waals surface area contributed by atoms with Gasteiger partial charge in [-0.2, -0.15) is 0 Å². The van der Waals surface area contributed by atoms with Gasteiger partial charge in [0.1, 0.15) is 0 Å². The number of halogens is 1. The highest BCUT2D eigenvalue weighted by molar-refractivity contribution is 6.30. The van der Waals surface area contributed by atoms with Gasteiger partial charge in [-0.25, -0.2) is 0 Å². The molecule has 0 atom stereocenters. The molecule has 0 unspecified atom stereocenters. The van der Waals surface area contributed by atoms with E-state index in [1.807, 2.05) is 50.3 Å². The molecule has 0 saturated carbocycles. The molecule has 1 rings (SSSR count). The second-order valence-electron chi connectivity index (χ2n) is 3.10. The van der Waals surface area contributed by atoms with Gasteiger partial charge in [0.15, 0.2) is 0 Å². The van der Waals surface area contributed by atoms with Crippen LogP contribution in [0.4, 0.5) is 0 Å². The van der Waals surface area contributed by atoms with E-state index in [-0.39, 0.29) is 0 Å². The van der Waals surface area contributed by atoms with Gasteiger partial charge in [-0.3, -0.25) is 0 Å². The summed E-state index contributed by atoms with van der Waals surface area (Å²) in [6.07, 6.45) is 1.79. The summed E-state index contributed by atoms with van der Waals surface area (Å²) in [4.78, 5) is 2.00. The first-order valence-electron chi connectivity index (χ1n) is 4.05. The molecule has 13 heavy (non-hydrogen) atoms. The van der Waals surface area contributed by atoms with Crippen LogP contribution in [0.3, 0.4) is 0 Å². The molecule has 2 heteroatoms. The molecule has 0 aliphatic rings. The maximum Gasteiger partial charge on any atom is 0.0406 e. The summed E-state index contributed by atoms with van der Waals surface area (Å²) >= 11 is 5.63. The van der Waals surface area contributed by atoms with Gasteiger partial charge in [-0.05, 0) is 38.8 Å². The van der Waals surface area contributed by atoms with Crippen LogP contribution in [-0.4, -0.2) is 26.0 Å². The predicted octanol–water partition coefficient (Wildman–Crippen LogP) is 3.16. The first kappa shape index (κ1) is 12.2. The van der Waals surface area contributed by atoms with Gasteiger partial charge in [0.25, 0.3) is 0 Å². The molecule has 0 bridgehead atoms. The number of hydrogen-bond donors (Lipinski definition) is 0. The van der Waals surface area contributed by atoms with Crippen molar-refractivity contribution in [1.82, 2.24) is 4.90 Å². The summed E-state index contributed by atoms with van der Waals surface area (Å²) in [5.41, 5.74) is 1.10. The second kappa shape index (κ2) is 6.70. The molecule has 0 radical (unpaired) electrons. The molecule has 0 aromatic heterocycles. The van der Waals surface area contributed by atoms with Crippen LogP contribution in [0.1, 0.15) is 5.56 Å². The Morgan fingerprint density at radius 3 is 1.85 bits per heavy atom. The molecule has 0 aliphatic heterocycles. The lowest BCUT2D eigenvalue weighted by Gasteiger charge is -1.90. The lowest BCUT2D eigenvalue weighted by molar-refractivity contribution is 0.505. The maximum absolute atomic E-state index is 5.63. The average Bonchev–Trinajstić information content (AvgIpc) is 2.05. The molecule has 72 valence electrons. The molecule has 0 saturated heterocycles. The van der Waals surface area contributed by atoms with Crippen LogP contribution >= 0.6 is 11.6 Å². The minimum Gasteiger partial charge on any atom is -0.312 e. The Bertz CT molecular complexity index is 236. The molecule has 0 amide bonds. The van der Waals surface area contributed by atoms with Crippen molar-refractivity contribution >= 4 is 17.7 Å². The average molecular weight is 198 g/mol. The van der Waals surface area contributed by atoms with Crippen molar-refractivity contribution in [3.8, 4) is 0 Å². The molecule has 0 N–H and O–H groups in total. The van der Waals surface area contributed by atoms with Gasteiger partial charge in [0, 0.05) is 5.02 Å². The molecule has 0 aliphatic carbocycles. The van der Waals surface area contributed by atoms with Crippen LogP contribution in [0.2, 0.25) is 5.02 Å². The lowest BCUT2D eigenvalue weighted by atomic mass is 10.2. The minimum absolute atomic E-state index is 0.764. The van der Waals surface area contributed by atoms with Crippen molar-refractivity contribution < 1.29 is 0 Å². The van der Waals surface area contributed by atoms with Gasteiger partial charge in [-0.15, -0.1) is 0 Å². The van der Waals surface area contributed by atoms with Crippen LogP contribution in [0.15, 0.2) is 30.8 Å². The zero-order valence-corrected chi connectivity index (χ0v) is 9.17. The monoisotopic (exact) mass is 197 g/mol. The van der Waals surface area contributed by atoms with Crippen LogP contribution in [0.5, 0.6) is 0 Å². The highest BCUT2D eigenvalue weighted by Gasteiger charge is 1.84. The molecule has 0 fully saturated rings. The summed E-state index contributed by atoms with van der Waals surface area (Å²) in [6.45, 7) is 3.62. The largest absolute Gasteiger partial charge is 0.312 e. The number of rotatable bonds is 1. The maximum atomic E-state index is 5.63. The number of nitrogens with zero attached hydrogens (tertiary/aromatic N) is 1. The smallest absolute Gasteiger partial charge is 0.0406 e. The third-order valence-corrected chi connectivity index (χ3v) is 1.36. The van der Waals surface area contributed by atoms with Crippen LogP contribution < -0.4 is 0 Å². The second-order valence-corrected chi connectivity index (χ2v) is 3.53. The van der Waals surface area contributed by atoms with Gasteiger partial charge >= 0.3 is 0 Å². The lowest BCUT2D eigenvalue weighted by Crippen LogP contribution is -1.99. The fourth-order valence-corrected chi connectivity index (χ4v) is 0.725. The van der Waals surface area contributed by atoms with Gasteiger partial charge in [0.2, 0.25) is 0 Å². The summed E-state index contributed by atoms with van der Waals surface area (Å²) in [5, 5.41) is 0.764. The minimum atomic E-state index is 0.764. The van der Waals surface area contributed by atoms with E-state index in [2.05, 4.69) is 6.58 Å². The third kappa shape index (κ3) is 7.57. The Labute approximate surface area is 85.6 Å². The zero-order chi connectivity index (χ0) is 10.3. The van der Waals surface area contributed by atoms with Gasteiger partial charge < -0.3 is 4.90 Å². The third-order valence-electron chi connectivity index (χ3n) is 1.11. The van der Waals surface area contributed by atoms with Crippen LogP contribution in [0.25, 0.3) is 6.08 Å². The van der Waals surface area contributed by atoms with E-state index in [9.17, 15) is 0 Å². The quantitative estimate of drug-likeness (QED) is 0.669. The first-order valence-corrected chi connectivity index (χ1v) is 4.43. The Morgan fingerprint density at radius 2 is 1.54 bits per heavy atom. The Morgan fingerprint density at radius 1 is 1.15 bits per heavy atom. The molecule has 1 aromatic rings. The molecule has 1 nitrogen and oxygen atoms in total. The van der Waals surface area contributed by atoms with E-state index in [1.54, 1.807) is 6.08 Å². The molecule has 0 spiro atoms.